The van der Waals surface area contributed by atoms with Crippen molar-refractivity contribution in [1.29, 1.82) is 0 Å². The Hall–Kier alpha value is -1.32. The summed E-state index contributed by atoms with van der Waals surface area (Å²) in [6.45, 7) is 8.98. The number of ether oxygens (including phenoxy) is 2. The Balaban J connectivity index is 2.27. The zero-order chi connectivity index (χ0) is 13.9. The first-order chi connectivity index (χ1) is 9.22. The van der Waals surface area contributed by atoms with E-state index >= 15 is 0 Å². The summed E-state index contributed by atoms with van der Waals surface area (Å²) >= 11 is 0. The third-order valence-corrected chi connectivity index (χ3v) is 2.56. The summed E-state index contributed by atoms with van der Waals surface area (Å²) in [6, 6.07) is 8.66. The van der Waals surface area contributed by atoms with Crippen LogP contribution in [0.2, 0.25) is 0 Å². The Labute approximate surface area is 116 Å². The van der Waals surface area contributed by atoms with E-state index in [2.05, 4.69) is 31.3 Å². The number of hydrogen-bond acceptors (Lipinski definition) is 3. The van der Waals surface area contributed by atoms with E-state index < -0.39 is 0 Å². The van der Waals surface area contributed by atoms with Crippen LogP contribution in [-0.4, -0.2) is 25.9 Å². The van der Waals surface area contributed by atoms with Crippen LogP contribution in [0, 0.1) is 0 Å². The van der Waals surface area contributed by atoms with Gasteiger partial charge in [-0.05, 0) is 24.6 Å². The highest BCUT2D eigenvalue weighted by Crippen LogP contribution is 2.13. The van der Waals surface area contributed by atoms with Gasteiger partial charge in [-0.1, -0.05) is 38.1 Å². The van der Waals surface area contributed by atoms with Crippen LogP contribution >= 0.6 is 0 Å². The van der Waals surface area contributed by atoms with Gasteiger partial charge in [0.25, 0.3) is 0 Å². The standard InChI is InChI=1S/C16H25NO2/c1-4-5-9-18-10-11-19-16-8-6-7-15(12-16)13-17-14(2)3/h4-8,12,14,17H,9-11,13H2,1-3H3. The second-order valence-corrected chi connectivity index (χ2v) is 4.68. The molecule has 3 heteroatoms. The molecule has 0 amide bonds. The first kappa shape index (κ1) is 15.7. The summed E-state index contributed by atoms with van der Waals surface area (Å²) in [6.07, 6.45) is 3.96. The maximum absolute atomic E-state index is 5.66. The molecule has 0 aliphatic carbocycles. The average Bonchev–Trinajstić information content (AvgIpc) is 2.41. The molecule has 0 saturated carbocycles. The molecule has 0 fully saturated rings. The first-order valence-electron chi connectivity index (χ1n) is 6.86. The van der Waals surface area contributed by atoms with Gasteiger partial charge in [0.15, 0.2) is 0 Å². The molecule has 1 N–H and O–H groups in total. The van der Waals surface area contributed by atoms with Crippen LogP contribution in [0.5, 0.6) is 5.75 Å². The van der Waals surface area contributed by atoms with E-state index in [0.717, 1.165) is 12.3 Å². The van der Waals surface area contributed by atoms with E-state index in [-0.39, 0.29) is 0 Å². The molecule has 1 aromatic rings. The average molecular weight is 263 g/mol. The maximum Gasteiger partial charge on any atom is 0.119 e. The molecular formula is C16H25NO2. The van der Waals surface area contributed by atoms with Crippen molar-refractivity contribution in [2.45, 2.75) is 33.4 Å². The van der Waals surface area contributed by atoms with Crippen LogP contribution in [-0.2, 0) is 11.3 Å². The molecule has 106 valence electrons. The van der Waals surface area contributed by atoms with Crippen molar-refractivity contribution in [2.24, 2.45) is 0 Å². The molecule has 0 saturated heterocycles. The minimum atomic E-state index is 0.490. The molecule has 0 unspecified atom stereocenters. The minimum Gasteiger partial charge on any atom is -0.491 e. The van der Waals surface area contributed by atoms with Gasteiger partial charge >= 0.3 is 0 Å². The lowest BCUT2D eigenvalue weighted by Crippen LogP contribution is -2.21. The summed E-state index contributed by atoms with van der Waals surface area (Å²) in [7, 11) is 0. The van der Waals surface area contributed by atoms with Crippen molar-refractivity contribution >= 4 is 0 Å². The lowest BCUT2D eigenvalue weighted by molar-refractivity contribution is 0.121. The Morgan fingerprint density at radius 3 is 2.84 bits per heavy atom. The van der Waals surface area contributed by atoms with E-state index in [4.69, 9.17) is 9.47 Å². The fraction of sp³-hybridized carbons (Fsp3) is 0.500. The van der Waals surface area contributed by atoms with Crippen LogP contribution in [0.4, 0.5) is 0 Å². The molecule has 0 aliphatic heterocycles. The van der Waals surface area contributed by atoms with Gasteiger partial charge in [0.1, 0.15) is 12.4 Å². The van der Waals surface area contributed by atoms with E-state index in [1.54, 1.807) is 0 Å². The molecule has 0 aliphatic rings. The van der Waals surface area contributed by atoms with Crippen LogP contribution in [0.1, 0.15) is 26.3 Å². The molecule has 1 rings (SSSR count). The Kier molecular flexibility index (Phi) is 7.94. The van der Waals surface area contributed by atoms with Crippen molar-refractivity contribution in [3.05, 3.63) is 42.0 Å². The molecule has 0 bridgehead atoms. The lowest BCUT2D eigenvalue weighted by Gasteiger charge is -2.10. The molecule has 19 heavy (non-hydrogen) atoms. The van der Waals surface area contributed by atoms with Crippen molar-refractivity contribution in [3.63, 3.8) is 0 Å². The lowest BCUT2D eigenvalue weighted by atomic mass is 10.2. The summed E-state index contributed by atoms with van der Waals surface area (Å²) in [5.41, 5.74) is 1.24. The number of hydrogen-bond donors (Lipinski definition) is 1. The van der Waals surface area contributed by atoms with Gasteiger partial charge in [-0.25, -0.2) is 0 Å². The van der Waals surface area contributed by atoms with Crippen molar-refractivity contribution in [1.82, 2.24) is 5.32 Å². The molecule has 0 heterocycles. The Morgan fingerprint density at radius 2 is 2.11 bits per heavy atom. The molecule has 0 atom stereocenters. The molecule has 1 aromatic carbocycles. The third-order valence-electron chi connectivity index (χ3n) is 2.56. The topological polar surface area (TPSA) is 30.5 Å². The summed E-state index contributed by atoms with van der Waals surface area (Å²) in [5, 5.41) is 3.39. The highest BCUT2D eigenvalue weighted by atomic mass is 16.5. The fourth-order valence-electron chi connectivity index (χ4n) is 1.53. The Morgan fingerprint density at radius 1 is 1.26 bits per heavy atom. The normalized spacial score (nSPS) is 11.4. The predicted octanol–water partition coefficient (Wildman–Crippen LogP) is 3.16. The second kappa shape index (κ2) is 9.59. The van der Waals surface area contributed by atoms with Gasteiger partial charge in [0.2, 0.25) is 0 Å². The SMILES string of the molecule is CC=CCOCCOc1cccc(CNC(C)C)c1. The third kappa shape index (κ3) is 7.65. The number of nitrogens with one attached hydrogen (secondary N) is 1. The molecule has 0 radical (unpaired) electrons. The van der Waals surface area contributed by atoms with Gasteiger partial charge in [0, 0.05) is 12.6 Å². The largest absolute Gasteiger partial charge is 0.491 e. The van der Waals surface area contributed by atoms with Gasteiger partial charge < -0.3 is 14.8 Å². The smallest absolute Gasteiger partial charge is 0.119 e. The van der Waals surface area contributed by atoms with Crippen LogP contribution < -0.4 is 10.1 Å². The highest BCUT2D eigenvalue weighted by molar-refractivity contribution is 5.28. The number of allylic oxidation sites excluding steroid dienone is 1. The zero-order valence-corrected chi connectivity index (χ0v) is 12.2. The van der Waals surface area contributed by atoms with E-state index in [1.807, 2.05) is 31.2 Å². The van der Waals surface area contributed by atoms with Crippen molar-refractivity contribution in [2.75, 3.05) is 19.8 Å². The van der Waals surface area contributed by atoms with Gasteiger partial charge in [-0.3, -0.25) is 0 Å². The summed E-state index contributed by atoms with van der Waals surface area (Å²) < 4.78 is 11.0. The zero-order valence-electron chi connectivity index (χ0n) is 12.2. The summed E-state index contributed by atoms with van der Waals surface area (Å²) in [5.74, 6) is 0.901. The number of rotatable bonds is 9. The second-order valence-electron chi connectivity index (χ2n) is 4.68. The van der Waals surface area contributed by atoms with Gasteiger partial charge in [0.05, 0.1) is 13.2 Å². The van der Waals surface area contributed by atoms with E-state index in [0.29, 0.717) is 25.9 Å². The molecule has 0 spiro atoms. The minimum absolute atomic E-state index is 0.490. The van der Waals surface area contributed by atoms with Crippen LogP contribution in [0.15, 0.2) is 36.4 Å². The summed E-state index contributed by atoms with van der Waals surface area (Å²) in [4.78, 5) is 0. The van der Waals surface area contributed by atoms with Gasteiger partial charge in [-0.2, -0.15) is 0 Å². The quantitative estimate of drug-likeness (QED) is 0.548. The molecule has 0 aromatic heterocycles. The van der Waals surface area contributed by atoms with E-state index in [1.165, 1.54) is 5.56 Å². The molecular weight excluding hydrogens is 238 g/mol. The van der Waals surface area contributed by atoms with Gasteiger partial charge in [-0.15, -0.1) is 0 Å². The Bertz CT molecular complexity index is 375. The fourth-order valence-corrected chi connectivity index (χ4v) is 1.53. The number of benzene rings is 1. The monoisotopic (exact) mass is 263 g/mol. The van der Waals surface area contributed by atoms with Crippen LogP contribution in [0.3, 0.4) is 0 Å². The predicted molar refractivity (Wildman–Crippen MR) is 79.5 cm³/mol. The highest BCUT2D eigenvalue weighted by Gasteiger charge is 1.98. The molecule has 3 nitrogen and oxygen atoms in total. The van der Waals surface area contributed by atoms with Crippen LogP contribution in [0.25, 0.3) is 0 Å². The van der Waals surface area contributed by atoms with Crippen molar-refractivity contribution in [3.8, 4) is 5.75 Å². The van der Waals surface area contributed by atoms with E-state index in [9.17, 15) is 0 Å². The maximum atomic E-state index is 5.66. The van der Waals surface area contributed by atoms with Crippen molar-refractivity contribution < 1.29 is 9.47 Å². The first-order valence-corrected chi connectivity index (χ1v) is 6.86.